The van der Waals surface area contributed by atoms with Gasteiger partial charge in [-0.2, -0.15) is 11.3 Å². The minimum atomic E-state index is 0. The predicted octanol–water partition coefficient (Wildman–Crippen LogP) is 4.04. The zero-order valence-electron chi connectivity index (χ0n) is 15.5. The number of nitrogens with one attached hydrogen (secondary N) is 2. The molecule has 2 N–H and O–H groups in total. The highest BCUT2D eigenvalue weighted by Gasteiger charge is 2.27. The zero-order valence-corrected chi connectivity index (χ0v) is 18.7. The third kappa shape index (κ3) is 6.10. The molecule has 1 aromatic rings. The first-order valence-corrected chi connectivity index (χ1v) is 10.4. The second-order valence-corrected chi connectivity index (χ2v) is 8.08. The van der Waals surface area contributed by atoms with Gasteiger partial charge in [0.25, 0.3) is 0 Å². The van der Waals surface area contributed by atoms with Crippen LogP contribution in [0.5, 0.6) is 0 Å². The first-order valence-electron chi connectivity index (χ1n) is 9.49. The molecule has 1 aliphatic carbocycles. The molecular formula is C19H33IN4S. The number of aliphatic imine (C=N–C) groups is 1. The van der Waals surface area contributed by atoms with E-state index in [0.29, 0.717) is 12.0 Å². The van der Waals surface area contributed by atoms with Crippen molar-refractivity contribution < 1.29 is 0 Å². The molecule has 2 fully saturated rings. The van der Waals surface area contributed by atoms with Gasteiger partial charge in [0.2, 0.25) is 0 Å². The minimum Gasteiger partial charge on any atom is -0.356 e. The van der Waals surface area contributed by atoms with E-state index in [9.17, 15) is 0 Å². The van der Waals surface area contributed by atoms with E-state index in [1.165, 1.54) is 57.2 Å². The van der Waals surface area contributed by atoms with Crippen LogP contribution in [0.15, 0.2) is 21.8 Å². The second-order valence-electron chi connectivity index (χ2n) is 7.30. The maximum Gasteiger partial charge on any atom is 0.191 e. The van der Waals surface area contributed by atoms with E-state index in [1.807, 2.05) is 7.05 Å². The van der Waals surface area contributed by atoms with E-state index in [2.05, 4.69) is 44.3 Å². The van der Waals surface area contributed by atoms with E-state index in [4.69, 9.17) is 0 Å². The fourth-order valence-electron chi connectivity index (χ4n) is 3.99. The summed E-state index contributed by atoms with van der Waals surface area (Å²) in [5, 5.41) is 11.5. The second kappa shape index (κ2) is 10.7. The molecule has 3 rings (SSSR count). The number of halogens is 1. The van der Waals surface area contributed by atoms with Crippen molar-refractivity contribution in [1.82, 2.24) is 15.5 Å². The van der Waals surface area contributed by atoms with Gasteiger partial charge >= 0.3 is 0 Å². The Hall–Kier alpha value is -0.340. The molecular weight excluding hydrogens is 443 g/mol. The topological polar surface area (TPSA) is 39.7 Å². The molecule has 4 nitrogen and oxygen atoms in total. The van der Waals surface area contributed by atoms with Crippen molar-refractivity contribution in [3.05, 3.63) is 22.4 Å². The summed E-state index contributed by atoms with van der Waals surface area (Å²) >= 11 is 1.77. The van der Waals surface area contributed by atoms with Gasteiger partial charge in [-0.1, -0.05) is 19.8 Å². The Morgan fingerprint density at radius 3 is 2.60 bits per heavy atom. The average molecular weight is 476 g/mol. The van der Waals surface area contributed by atoms with Crippen molar-refractivity contribution in [2.24, 2.45) is 4.99 Å². The van der Waals surface area contributed by atoms with Gasteiger partial charge in [-0.15, -0.1) is 24.0 Å². The Morgan fingerprint density at radius 1 is 1.28 bits per heavy atom. The van der Waals surface area contributed by atoms with Gasteiger partial charge in [-0.05, 0) is 54.0 Å². The van der Waals surface area contributed by atoms with Crippen LogP contribution < -0.4 is 10.6 Å². The molecule has 1 aromatic heterocycles. The Morgan fingerprint density at radius 2 is 2.00 bits per heavy atom. The fraction of sp³-hybridized carbons (Fsp3) is 0.737. The average Bonchev–Trinajstić information content (AvgIpc) is 3.32. The van der Waals surface area contributed by atoms with Gasteiger partial charge < -0.3 is 15.5 Å². The van der Waals surface area contributed by atoms with E-state index in [0.717, 1.165) is 18.5 Å². The third-order valence-electron chi connectivity index (χ3n) is 5.62. The number of hydrogen-bond donors (Lipinski definition) is 2. The first-order chi connectivity index (χ1) is 11.8. The highest BCUT2D eigenvalue weighted by molar-refractivity contribution is 14.0. The van der Waals surface area contributed by atoms with Gasteiger partial charge in [0.15, 0.2) is 5.96 Å². The number of thiophene rings is 1. The Labute approximate surface area is 173 Å². The van der Waals surface area contributed by atoms with Crippen LogP contribution in [-0.4, -0.2) is 49.6 Å². The Kier molecular flexibility index (Phi) is 8.99. The van der Waals surface area contributed by atoms with Gasteiger partial charge in [0.1, 0.15) is 0 Å². The number of guanidine groups is 1. The van der Waals surface area contributed by atoms with Crippen molar-refractivity contribution in [2.75, 3.05) is 26.7 Å². The van der Waals surface area contributed by atoms with Crippen molar-refractivity contribution in [2.45, 2.75) is 63.5 Å². The van der Waals surface area contributed by atoms with Crippen molar-refractivity contribution >= 4 is 41.3 Å². The van der Waals surface area contributed by atoms with Crippen LogP contribution in [0.4, 0.5) is 0 Å². The number of nitrogens with zero attached hydrogens (tertiary/aromatic N) is 2. The molecule has 1 aliphatic heterocycles. The maximum absolute atomic E-state index is 4.42. The molecule has 0 aromatic carbocycles. The van der Waals surface area contributed by atoms with Gasteiger partial charge in [-0.25, -0.2) is 0 Å². The molecule has 1 saturated heterocycles. The van der Waals surface area contributed by atoms with Crippen molar-refractivity contribution in [1.29, 1.82) is 0 Å². The van der Waals surface area contributed by atoms with Crippen LogP contribution in [0.1, 0.15) is 56.9 Å². The Balaban J connectivity index is 0.00000225. The lowest BCUT2D eigenvalue weighted by atomic mass is 10.0. The molecule has 0 bridgehead atoms. The molecule has 0 amide bonds. The molecule has 0 spiro atoms. The summed E-state index contributed by atoms with van der Waals surface area (Å²) < 4.78 is 0. The molecule has 2 aliphatic rings. The molecule has 1 unspecified atom stereocenters. The Bertz CT molecular complexity index is 506. The minimum absolute atomic E-state index is 0. The number of likely N-dealkylation sites (tertiary alicyclic amines) is 1. The SMILES string of the molecule is CN=C(NCC(C)c1ccsc1)NC1CCN(C2CCCC2)CC1.I. The molecule has 6 heteroatoms. The number of piperidine rings is 1. The quantitative estimate of drug-likeness (QED) is 0.383. The summed E-state index contributed by atoms with van der Waals surface area (Å²) in [5.74, 6) is 1.47. The van der Waals surface area contributed by atoms with E-state index < -0.39 is 0 Å². The van der Waals surface area contributed by atoms with Crippen molar-refractivity contribution in [3.63, 3.8) is 0 Å². The third-order valence-corrected chi connectivity index (χ3v) is 6.32. The largest absolute Gasteiger partial charge is 0.356 e. The summed E-state index contributed by atoms with van der Waals surface area (Å²) in [4.78, 5) is 7.14. The molecule has 0 radical (unpaired) electrons. The van der Waals surface area contributed by atoms with Crippen LogP contribution in [0.3, 0.4) is 0 Å². The van der Waals surface area contributed by atoms with Crippen molar-refractivity contribution in [3.8, 4) is 0 Å². The highest BCUT2D eigenvalue weighted by atomic mass is 127. The van der Waals surface area contributed by atoms with E-state index in [1.54, 1.807) is 11.3 Å². The zero-order chi connectivity index (χ0) is 16.8. The van der Waals surface area contributed by atoms with Crippen LogP contribution in [0.25, 0.3) is 0 Å². The molecule has 1 saturated carbocycles. The highest BCUT2D eigenvalue weighted by Crippen LogP contribution is 2.26. The smallest absolute Gasteiger partial charge is 0.191 e. The molecule has 142 valence electrons. The van der Waals surface area contributed by atoms with Gasteiger partial charge in [0.05, 0.1) is 0 Å². The number of rotatable bonds is 5. The van der Waals surface area contributed by atoms with Gasteiger partial charge in [-0.3, -0.25) is 4.99 Å². The molecule has 25 heavy (non-hydrogen) atoms. The summed E-state index contributed by atoms with van der Waals surface area (Å²) in [7, 11) is 1.87. The fourth-order valence-corrected chi connectivity index (χ4v) is 4.77. The van der Waals surface area contributed by atoms with E-state index in [-0.39, 0.29) is 24.0 Å². The first kappa shape index (κ1) is 21.0. The summed E-state index contributed by atoms with van der Waals surface area (Å²) in [6.45, 7) is 5.68. The van der Waals surface area contributed by atoms with Crippen LogP contribution >= 0.6 is 35.3 Å². The normalized spacial score (nSPS) is 21.8. The van der Waals surface area contributed by atoms with Crippen LogP contribution in [0.2, 0.25) is 0 Å². The monoisotopic (exact) mass is 476 g/mol. The maximum atomic E-state index is 4.42. The number of hydrogen-bond acceptors (Lipinski definition) is 3. The lowest BCUT2D eigenvalue weighted by Gasteiger charge is -2.36. The lowest BCUT2D eigenvalue weighted by molar-refractivity contribution is 0.150. The summed E-state index contributed by atoms with van der Waals surface area (Å²) in [5.41, 5.74) is 1.41. The van der Waals surface area contributed by atoms with Gasteiger partial charge in [0, 0.05) is 38.8 Å². The molecule has 2 heterocycles. The van der Waals surface area contributed by atoms with Crippen LogP contribution in [-0.2, 0) is 0 Å². The van der Waals surface area contributed by atoms with E-state index >= 15 is 0 Å². The standard InChI is InChI=1S/C19H32N4S.HI/c1-15(16-9-12-24-14-16)13-21-19(20-2)22-17-7-10-23(11-8-17)18-5-3-4-6-18;/h9,12,14-15,17-18H,3-8,10-11,13H2,1-2H3,(H2,20,21,22);1H. The predicted molar refractivity (Wildman–Crippen MR) is 119 cm³/mol. The molecule has 1 atom stereocenters. The summed E-state index contributed by atoms with van der Waals surface area (Å²) in [6, 6.07) is 3.64. The summed E-state index contributed by atoms with van der Waals surface area (Å²) in [6.07, 6.45) is 8.17. The van der Waals surface area contributed by atoms with Crippen LogP contribution in [0, 0.1) is 0 Å². The lowest BCUT2D eigenvalue weighted by Crippen LogP contribution is -2.50.